The molecule has 0 spiro atoms. The number of piperazine rings is 1. The first-order valence-electron chi connectivity index (χ1n) is 6.27. The van der Waals surface area contributed by atoms with Gasteiger partial charge < -0.3 is 9.80 Å². The number of rotatable bonds is 2. The topological polar surface area (TPSA) is 98.7 Å². The molecule has 1 aliphatic rings. The van der Waals surface area contributed by atoms with Crippen molar-refractivity contribution in [1.29, 1.82) is 5.26 Å². The van der Waals surface area contributed by atoms with E-state index >= 15 is 0 Å². The molecule has 0 aromatic carbocycles. The lowest BCUT2D eigenvalue weighted by Gasteiger charge is -2.36. The number of nitro groups is 1. The third-order valence-electron chi connectivity index (χ3n) is 3.15. The number of aromatic nitrogens is 1. The first kappa shape index (κ1) is 15.1. The minimum Gasteiger partial charge on any atom is -0.353 e. The zero-order valence-electron chi connectivity index (χ0n) is 11.5. The van der Waals surface area contributed by atoms with Gasteiger partial charge in [0, 0.05) is 32.2 Å². The Morgan fingerprint density at radius 1 is 1.48 bits per heavy atom. The average Bonchev–Trinajstić information content (AvgIpc) is 2.53. The first-order valence-corrected chi connectivity index (χ1v) is 7.49. The summed E-state index contributed by atoms with van der Waals surface area (Å²) >= 11 is 1.45. The maximum Gasteiger partial charge on any atom is 0.287 e. The number of nitrogens with zero attached hydrogens (tertiary/aromatic N) is 6. The Morgan fingerprint density at radius 3 is 2.67 bits per heavy atom. The minimum absolute atomic E-state index is 0.0109. The highest BCUT2D eigenvalue weighted by atomic mass is 32.2. The molecule has 0 aliphatic carbocycles. The number of thioether (sulfide) groups is 1. The number of hydrogen-bond donors (Lipinski definition) is 0. The summed E-state index contributed by atoms with van der Waals surface area (Å²) < 4.78 is 0. The Kier molecular flexibility index (Phi) is 4.94. The quantitative estimate of drug-likeness (QED) is 0.267. The van der Waals surface area contributed by atoms with Crippen molar-refractivity contribution in [2.24, 2.45) is 4.99 Å². The van der Waals surface area contributed by atoms with Crippen LogP contribution in [0.4, 0.5) is 11.5 Å². The SMILES string of the molecule is CSC(=NC#N)N1CCN(c2ccc([N+](=O)[O-])cn2)CC1. The van der Waals surface area contributed by atoms with Gasteiger partial charge in [-0.25, -0.2) is 4.98 Å². The van der Waals surface area contributed by atoms with E-state index in [-0.39, 0.29) is 5.69 Å². The molecule has 0 unspecified atom stereocenters. The van der Waals surface area contributed by atoms with Crippen LogP contribution in [0, 0.1) is 21.6 Å². The Bertz CT molecular complexity index is 574. The van der Waals surface area contributed by atoms with Gasteiger partial charge in [-0.2, -0.15) is 5.26 Å². The number of nitriles is 1. The molecule has 110 valence electrons. The lowest BCUT2D eigenvalue weighted by Crippen LogP contribution is -2.48. The fourth-order valence-electron chi connectivity index (χ4n) is 2.09. The van der Waals surface area contributed by atoms with E-state index in [0.717, 1.165) is 32.0 Å². The molecule has 1 aromatic rings. The number of amidine groups is 1. The Balaban J connectivity index is 1.99. The summed E-state index contributed by atoms with van der Waals surface area (Å²) in [5.74, 6) is 0.725. The van der Waals surface area contributed by atoms with Gasteiger partial charge >= 0.3 is 0 Å². The second kappa shape index (κ2) is 6.90. The third kappa shape index (κ3) is 3.61. The number of pyridine rings is 1. The van der Waals surface area contributed by atoms with Crippen LogP contribution in [0.15, 0.2) is 23.3 Å². The summed E-state index contributed by atoms with van der Waals surface area (Å²) in [6.07, 6.45) is 4.97. The Morgan fingerprint density at radius 2 is 2.19 bits per heavy atom. The molecule has 9 heteroatoms. The number of hydrogen-bond acceptors (Lipinski definition) is 7. The van der Waals surface area contributed by atoms with Crippen molar-refractivity contribution in [3.8, 4) is 6.19 Å². The minimum atomic E-state index is -0.460. The second-order valence-corrected chi connectivity index (χ2v) is 5.08. The van der Waals surface area contributed by atoms with E-state index in [1.165, 1.54) is 24.0 Å². The van der Waals surface area contributed by atoms with Gasteiger partial charge in [0.05, 0.1) is 4.92 Å². The van der Waals surface area contributed by atoms with Gasteiger partial charge in [0.25, 0.3) is 5.69 Å². The van der Waals surface area contributed by atoms with Crippen molar-refractivity contribution in [3.05, 3.63) is 28.4 Å². The predicted molar refractivity (Wildman–Crippen MR) is 81.2 cm³/mol. The van der Waals surface area contributed by atoms with E-state index in [9.17, 15) is 10.1 Å². The van der Waals surface area contributed by atoms with Crippen molar-refractivity contribution in [3.63, 3.8) is 0 Å². The van der Waals surface area contributed by atoms with E-state index < -0.39 is 4.92 Å². The molecule has 0 amide bonds. The number of aliphatic imine (C=N–C) groups is 1. The molecule has 1 aliphatic heterocycles. The molecule has 8 nitrogen and oxygen atoms in total. The maximum atomic E-state index is 10.6. The van der Waals surface area contributed by atoms with Gasteiger partial charge in [-0.15, -0.1) is 4.99 Å². The lowest BCUT2D eigenvalue weighted by molar-refractivity contribution is -0.385. The fraction of sp³-hybridized carbons (Fsp3) is 0.417. The van der Waals surface area contributed by atoms with Crippen LogP contribution in [-0.4, -0.2) is 52.4 Å². The summed E-state index contributed by atoms with van der Waals surface area (Å²) in [5, 5.41) is 20.0. The van der Waals surface area contributed by atoms with Crippen LogP contribution in [0.25, 0.3) is 0 Å². The molecule has 1 aromatic heterocycles. The summed E-state index contributed by atoms with van der Waals surface area (Å²) in [6, 6.07) is 3.12. The first-order chi connectivity index (χ1) is 10.2. The van der Waals surface area contributed by atoms with Crippen LogP contribution in [0.1, 0.15) is 0 Å². The van der Waals surface area contributed by atoms with Crippen molar-refractivity contribution in [2.75, 3.05) is 37.3 Å². The molecular weight excluding hydrogens is 292 g/mol. The molecule has 2 heterocycles. The van der Waals surface area contributed by atoms with Crippen LogP contribution < -0.4 is 4.90 Å². The highest BCUT2D eigenvalue weighted by Gasteiger charge is 2.20. The van der Waals surface area contributed by atoms with E-state index in [1.807, 2.05) is 12.4 Å². The molecular formula is C12H14N6O2S. The van der Waals surface area contributed by atoms with Crippen LogP contribution in [-0.2, 0) is 0 Å². The molecule has 0 bridgehead atoms. The van der Waals surface area contributed by atoms with E-state index in [4.69, 9.17) is 5.26 Å². The van der Waals surface area contributed by atoms with Crippen LogP contribution in [0.3, 0.4) is 0 Å². The third-order valence-corrected chi connectivity index (χ3v) is 3.86. The average molecular weight is 306 g/mol. The second-order valence-electron chi connectivity index (χ2n) is 4.30. The van der Waals surface area contributed by atoms with Crippen LogP contribution in [0.2, 0.25) is 0 Å². The number of anilines is 1. The van der Waals surface area contributed by atoms with Gasteiger partial charge in [0.15, 0.2) is 5.17 Å². The fourth-order valence-corrected chi connectivity index (χ4v) is 2.66. The highest BCUT2D eigenvalue weighted by molar-refractivity contribution is 8.13. The maximum absolute atomic E-state index is 10.6. The molecule has 1 saturated heterocycles. The normalized spacial score (nSPS) is 15.7. The van der Waals surface area contributed by atoms with Crippen molar-refractivity contribution in [2.45, 2.75) is 0 Å². The summed E-state index contributed by atoms with van der Waals surface area (Å²) in [6.45, 7) is 2.94. The van der Waals surface area contributed by atoms with Crippen molar-refractivity contribution < 1.29 is 4.92 Å². The lowest BCUT2D eigenvalue weighted by atomic mass is 10.3. The van der Waals surface area contributed by atoms with Gasteiger partial charge in [-0.3, -0.25) is 10.1 Å². The predicted octanol–water partition coefficient (Wildman–Crippen LogP) is 1.31. The molecule has 0 N–H and O–H groups in total. The van der Waals surface area contributed by atoms with E-state index in [1.54, 1.807) is 6.07 Å². The molecule has 0 atom stereocenters. The van der Waals surface area contributed by atoms with Crippen molar-refractivity contribution in [1.82, 2.24) is 9.88 Å². The van der Waals surface area contributed by atoms with E-state index in [2.05, 4.69) is 19.8 Å². The van der Waals surface area contributed by atoms with Crippen LogP contribution in [0.5, 0.6) is 0 Å². The Labute approximate surface area is 126 Å². The summed E-state index contributed by atoms with van der Waals surface area (Å²) in [7, 11) is 0. The van der Waals surface area contributed by atoms with Gasteiger partial charge in [-0.1, -0.05) is 11.8 Å². The standard InChI is InChI=1S/C12H14N6O2S/c1-21-12(15-9-13)17-6-4-16(5-7-17)11-3-2-10(8-14-11)18(19)20/h2-3,8H,4-7H2,1H3. The summed E-state index contributed by atoms with van der Waals surface area (Å²) in [5.41, 5.74) is -0.0109. The van der Waals surface area contributed by atoms with Gasteiger partial charge in [-0.05, 0) is 12.3 Å². The molecule has 2 rings (SSSR count). The van der Waals surface area contributed by atoms with Gasteiger partial charge in [0.1, 0.15) is 12.0 Å². The monoisotopic (exact) mass is 306 g/mol. The molecule has 1 fully saturated rings. The molecule has 0 radical (unpaired) electrons. The smallest absolute Gasteiger partial charge is 0.287 e. The zero-order valence-corrected chi connectivity index (χ0v) is 12.3. The molecule has 21 heavy (non-hydrogen) atoms. The van der Waals surface area contributed by atoms with Gasteiger partial charge in [0.2, 0.25) is 6.19 Å². The van der Waals surface area contributed by atoms with Crippen molar-refractivity contribution >= 4 is 28.4 Å². The largest absolute Gasteiger partial charge is 0.353 e. The highest BCUT2D eigenvalue weighted by Crippen LogP contribution is 2.18. The molecule has 0 saturated carbocycles. The van der Waals surface area contributed by atoms with E-state index in [0.29, 0.717) is 5.17 Å². The van der Waals surface area contributed by atoms with Crippen LogP contribution >= 0.6 is 11.8 Å². The zero-order chi connectivity index (χ0) is 15.2. The summed E-state index contributed by atoms with van der Waals surface area (Å²) in [4.78, 5) is 22.2. The Hall–Kier alpha value is -2.34.